The summed E-state index contributed by atoms with van der Waals surface area (Å²) in [5, 5.41) is 2.78. The van der Waals surface area contributed by atoms with Crippen molar-refractivity contribution in [2.45, 2.75) is 97.1 Å². The molecule has 1 aromatic heterocycles. The zero-order valence-electron chi connectivity index (χ0n) is 18.8. The SMILES string of the molecule is CCCCCCn1cc[n+](CCCCCCOC(=O)NCCCCCCN=C=O)c1. The van der Waals surface area contributed by atoms with Gasteiger partial charge in [0, 0.05) is 6.54 Å². The van der Waals surface area contributed by atoms with E-state index < -0.39 is 0 Å². The third kappa shape index (κ3) is 14.8. The van der Waals surface area contributed by atoms with Crippen LogP contribution in [0.2, 0.25) is 0 Å². The normalized spacial score (nSPS) is 10.6. The van der Waals surface area contributed by atoms with Crippen LogP contribution in [0.3, 0.4) is 0 Å². The molecular formula is C23H41N4O3+. The number of carbonyl (C=O) groups is 1. The van der Waals surface area contributed by atoms with Gasteiger partial charge in [-0.25, -0.2) is 23.7 Å². The number of nitrogens with one attached hydrogen (secondary N) is 1. The minimum absolute atomic E-state index is 0.323. The monoisotopic (exact) mass is 421 g/mol. The van der Waals surface area contributed by atoms with E-state index in [1.54, 1.807) is 0 Å². The van der Waals surface area contributed by atoms with Crippen molar-refractivity contribution in [2.75, 3.05) is 19.7 Å². The highest BCUT2D eigenvalue weighted by Gasteiger charge is 2.04. The van der Waals surface area contributed by atoms with Crippen molar-refractivity contribution in [3.8, 4) is 0 Å². The maximum absolute atomic E-state index is 11.6. The largest absolute Gasteiger partial charge is 0.450 e. The van der Waals surface area contributed by atoms with Crippen molar-refractivity contribution in [3.05, 3.63) is 18.7 Å². The molecule has 0 aliphatic heterocycles. The first-order valence-corrected chi connectivity index (χ1v) is 11.8. The summed E-state index contributed by atoms with van der Waals surface area (Å²) < 4.78 is 9.75. The molecule has 0 atom stereocenters. The van der Waals surface area contributed by atoms with E-state index in [4.69, 9.17) is 4.74 Å². The molecule has 0 fully saturated rings. The smallest absolute Gasteiger partial charge is 0.407 e. The molecule has 0 saturated carbocycles. The van der Waals surface area contributed by atoms with Crippen LogP contribution in [0.15, 0.2) is 23.7 Å². The van der Waals surface area contributed by atoms with Crippen LogP contribution in [0.5, 0.6) is 0 Å². The Morgan fingerprint density at radius 3 is 2.63 bits per heavy atom. The molecule has 1 amide bonds. The van der Waals surface area contributed by atoms with Crippen LogP contribution in [0, 0.1) is 0 Å². The summed E-state index contributed by atoms with van der Waals surface area (Å²) in [5.41, 5.74) is 0. The molecule has 0 bridgehead atoms. The average Bonchev–Trinajstić information content (AvgIpc) is 3.20. The zero-order valence-corrected chi connectivity index (χ0v) is 18.8. The Bertz CT molecular complexity index is 597. The van der Waals surface area contributed by atoms with Crippen LogP contribution in [-0.2, 0) is 22.6 Å². The van der Waals surface area contributed by atoms with E-state index in [1.165, 1.54) is 31.8 Å². The minimum atomic E-state index is -0.323. The van der Waals surface area contributed by atoms with Crippen LogP contribution in [0.4, 0.5) is 4.79 Å². The van der Waals surface area contributed by atoms with Gasteiger partial charge in [-0.2, -0.15) is 0 Å². The lowest BCUT2D eigenvalue weighted by molar-refractivity contribution is -0.696. The number of amides is 1. The predicted molar refractivity (Wildman–Crippen MR) is 118 cm³/mol. The molecule has 7 nitrogen and oxygen atoms in total. The van der Waals surface area contributed by atoms with Crippen LogP contribution in [-0.4, -0.2) is 36.4 Å². The Balaban J connectivity index is 1.89. The summed E-state index contributed by atoms with van der Waals surface area (Å²) in [6.45, 7) is 6.06. The van der Waals surface area contributed by atoms with Gasteiger partial charge in [-0.3, -0.25) is 0 Å². The first kappa shape index (κ1) is 25.9. The number of imidazole rings is 1. The van der Waals surface area contributed by atoms with Crippen molar-refractivity contribution >= 4 is 12.2 Å². The second-order valence-corrected chi connectivity index (χ2v) is 7.81. The summed E-state index contributed by atoms with van der Waals surface area (Å²) in [4.78, 5) is 25.0. The Labute approximate surface area is 181 Å². The highest BCUT2D eigenvalue weighted by Crippen LogP contribution is 2.03. The lowest BCUT2D eigenvalue weighted by Gasteiger charge is -2.06. The number of alkyl carbamates (subject to hydrolysis) is 1. The van der Waals surface area contributed by atoms with Crippen LogP contribution < -0.4 is 9.88 Å². The fourth-order valence-electron chi connectivity index (χ4n) is 3.30. The predicted octanol–water partition coefficient (Wildman–Crippen LogP) is 4.54. The lowest BCUT2D eigenvalue weighted by Crippen LogP contribution is -2.30. The molecule has 0 saturated heterocycles. The molecule has 170 valence electrons. The van der Waals surface area contributed by atoms with Gasteiger partial charge in [0.1, 0.15) is 12.4 Å². The molecule has 1 N–H and O–H groups in total. The van der Waals surface area contributed by atoms with Crippen LogP contribution in [0.1, 0.15) is 84.0 Å². The number of ether oxygens (including phenoxy) is 1. The van der Waals surface area contributed by atoms with Gasteiger partial charge in [0.2, 0.25) is 12.4 Å². The van der Waals surface area contributed by atoms with E-state index in [9.17, 15) is 9.59 Å². The third-order valence-electron chi connectivity index (χ3n) is 5.09. The number of rotatable bonds is 19. The summed E-state index contributed by atoms with van der Waals surface area (Å²) in [7, 11) is 0. The van der Waals surface area contributed by atoms with Gasteiger partial charge >= 0.3 is 6.09 Å². The Morgan fingerprint density at radius 2 is 1.80 bits per heavy atom. The third-order valence-corrected chi connectivity index (χ3v) is 5.09. The summed E-state index contributed by atoms with van der Waals surface area (Å²) in [5.74, 6) is 0. The van der Waals surface area contributed by atoms with Gasteiger partial charge < -0.3 is 10.1 Å². The van der Waals surface area contributed by atoms with Crippen LogP contribution in [0.25, 0.3) is 0 Å². The van der Waals surface area contributed by atoms with Crippen molar-refractivity contribution in [2.24, 2.45) is 4.99 Å². The number of aromatic nitrogens is 2. The topological polar surface area (TPSA) is 76.6 Å². The molecule has 0 aliphatic rings. The van der Waals surface area contributed by atoms with Crippen molar-refractivity contribution in [3.63, 3.8) is 0 Å². The number of hydrogen-bond donors (Lipinski definition) is 1. The van der Waals surface area contributed by atoms with Gasteiger partial charge in [-0.05, 0) is 51.4 Å². The first-order chi connectivity index (χ1) is 14.8. The number of aryl methyl sites for hydroxylation is 2. The fraction of sp³-hybridized carbons (Fsp3) is 0.783. The quantitative estimate of drug-likeness (QED) is 0.154. The van der Waals surface area contributed by atoms with Gasteiger partial charge in [0.25, 0.3) is 0 Å². The second-order valence-electron chi connectivity index (χ2n) is 7.81. The highest BCUT2D eigenvalue weighted by atomic mass is 16.5. The molecule has 1 rings (SSSR count). The molecule has 1 heterocycles. The number of unbranched alkanes of at least 4 members (excludes halogenated alkanes) is 9. The molecule has 0 unspecified atom stereocenters. The second kappa shape index (κ2) is 18.9. The van der Waals surface area contributed by atoms with Crippen molar-refractivity contribution in [1.29, 1.82) is 0 Å². The van der Waals surface area contributed by atoms with Crippen LogP contribution >= 0.6 is 0 Å². The molecule has 0 aliphatic carbocycles. The highest BCUT2D eigenvalue weighted by molar-refractivity contribution is 5.66. The molecule has 0 aromatic carbocycles. The Morgan fingerprint density at radius 1 is 1.03 bits per heavy atom. The molecular weight excluding hydrogens is 380 g/mol. The van der Waals surface area contributed by atoms with Gasteiger partial charge in [0.15, 0.2) is 0 Å². The van der Waals surface area contributed by atoms with Crippen molar-refractivity contribution in [1.82, 2.24) is 9.88 Å². The molecule has 1 aromatic rings. The summed E-state index contributed by atoms with van der Waals surface area (Å²) in [6.07, 6.45) is 21.0. The summed E-state index contributed by atoms with van der Waals surface area (Å²) >= 11 is 0. The lowest BCUT2D eigenvalue weighted by atomic mass is 10.2. The van der Waals surface area contributed by atoms with Gasteiger partial charge in [-0.15, -0.1) is 0 Å². The van der Waals surface area contributed by atoms with E-state index in [0.29, 0.717) is 19.7 Å². The Hall–Kier alpha value is -2.14. The average molecular weight is 422 g/mol. The molecule has 7 heteroatoms. The fourth-order valence-corrected chi connectivity index (χ4v) is 3.30. The van der Waals surface area contributed by atoms with Gasteiger partial charge in [0.05, 0.1) is 26.2 Å². The zero-order chi connectivity index (χ0) is 21.7. The minimum Gasteiger partial charge on any atom is -0.450 e. The molecule has 0 radical (unpaired) electrons. The maximum Gasteiger partial charge on any atom is 0.407 e. The number of hydrogen-bond acceptors (Lipinski definition) is 4. The van der Waals surface area contributed by atoms with E-state index in [2.05, 4.69) is 45.1 Å². The van der Waals surface area contributed by atoms with E-state index in [1.807, 2.05) is 0 Å². The van der Waals surface area contributed by atoms with E-state index in [0.717, 1.165) is 64.5 Å². The van der Waals surface area contributed by atoms with E-state index in [-0.39, 0.29) is 6.09 Å². The molecule has 30 heavy (non-hydrogen) atoms. The first-order valence-electron chi connectivity index (χ1n) is 11.8. The van der Waals surface area contributed by atoms with Crippen molar-refractivity contribution < 1.29 is 18.9 Å². The molecule has 0 spiro atoms. The van der Waals surface area contributed by atoms with E-state index >= 15 is 0 Å². The maximum atomic E-state index is 11.6. The standard InChI is InChI=1S/C23H40N4O3/c1-2-3-4-11-16-26-18-19-27(22-26)17-12-7-8-13-20-30-23(29)25-15-10-6-5-9-14-24-21-28/h18-19,22H,2-17,20H2,1H3/p+1. The number of isocyanates is 1. The van der Waals surface area contributed by atoms with Gasteiger partial charge in [-0.1, -0.05) is 32.6 Å². The summed E-state index contributed by atoms with van der Waals surface area (Å²) in [6, 6.07) is 0. The Kier molecular flexibility index (Phi) is 16.3. The number of carbonyl (C=O) groups excluding carboxylic acids is 2. The number of nitrogens with zero attached hydrogens (tertiary/aromatic N) is 3. The number of aliphatic imine (C=N–C) groups is 1.